The average molecular weight is 327 g/mol. The number of nitrogens with zero attached hydrogens (tertiary/aromatic N) is 3. The van der Waals surface area contributed by atoms with E-state index in [0.717, 1.165) is 21.8 Å². The van der Waals surface area contributed by atoms with Gasteiger partial charge in [-0.25, -0.2) is 9.78 Å². The second-order valence-electron chi connectivity index (χ2n) is 5.09. The van der Waals surface area contributed by atoms with Crippen LogP contribution in [-0.2, 0) is 13.6 Å². The molecule has 0 aliphatic heterocycles. The molecule has 0 bridgehead atoms. The molecule has 7 heteroatoms. The van der Waals surface area contributed by atoms with Crippen molar-refractivity contribution in [3.8, 4) is 10.4 Å². The van der Waals surface area contributed by atoms with Crippen molar-refractivity contribution in [2.75, 3.05) is 5.32 Å². The van der Waals surface area contributed by atoms with Gasteiger partial charge in [-0.1, -0.05) is 11.3 Å². The third-order valence-corrected chi connectivity index (χ3v) is 4.56. The predicted octanol–water partition coefficient (Wildman–Crippen LogP) is 3.17. The molecular formula is C16H17N5OS. The molecule has 2 N–H and O–H groups in total. The first-order valence-corrected chi connectivity index (χ1v) is 7.98. The normalized spacial score (nSPS) is 10.5. The summed E-state index contributed by atoms with van der Waals surface area (Å²) in [6.07, 6.45) is 5.43. The number of hydrogen-bond acceptors (Lipinski definition) is 4. The van der Waals surface area contributed by atoms with Crippen molar-refractivity contribution in [3.05, 3.63) is 54.2 Å². The highest BCUT2D eigenvalue weighted by Gasteiger charge is 2.12. The molecule has 2 amide bonds. The van der Waals surface area contributed by atoms with Gasteiger partial charge in [-0.05, 0) is 36.8 Å². The van der Waals surface area contributed by atoms with E-state index in [2.05, 4.69) is 20.6 Å². The van der Waals surface area contributed by atoms with Crippen LogP contribution >= 0.6 is 11.3 Å². The molecule has 0 aliphatic carbocycles. The Hall–Kier alpha value is -2.67. The van der Waals surface area contributed by atoms with Gasteiger partial charge >= 0.3 is 6.03 Å². The van der Waals surface area contributed by atoms with Crippen molar-refractivity contribution in [2.45, 2.75) is 13.5 Å². The molecular weight excluding hydrogens is 310 g/mol. The number of nitrogens with one attached hydrogen (secondary N) is 2. The Bertz CT molecular complexity index is 809. The first-order valence-electron chi connectivity index (χ1n) is 7.16. The fraction of sp³-hybridized carbons (Fsp3) is 0.188. The van der Waals surface area contributed by atoms with E-state index in [1.807, 2.05) is 49.0 Å². The van der Waals surface area contributed by atoms with E-state index in [-0.39, 0.29) is 6.03 Å². The Morgan fingerprint density at radius 3 is 2.78 bits per heavy atom. The van der Waals surface area contributed by atoms with Crippen LogP contribution in [0.5, 0.6) is 0 Å². The molecule has 23 heavy (non-hydrogen) atoms. The summed E-state index contributed by atoms with van der Waals surface area (Å²) in [7, 11) is 1.94. The molecule has 0 fully saturated rings. The zero-order valence-electron chi connectivity index (χ0n) is 12.9. The van der Waals surface area contributed by atoms with Crippen molar-refractivity contribution in [1.82, 2.24) is 19.9 Å². The number of carbonyl (C=O) groups is 1. The van der Waals surface area contributed by atoms with Crippen LogP contribution in [0.15, 0.2) is 42.9 Å². The maximum atomic E-state index is 12.0. The van der Waals surface area contributed by atoms with Gasteiger partial charge in [0.1, 0.15) is 0 Å². The Labute approximate surface area is 138 Å². The Balaban J connectivity index is 1.64. The van der Waals surface area contributed by atoms with Crippen LogP contribution in [0.2, 0.25) is 0 Å². The first-order chi connectivity index (χ1) is 11.1. The monoisotopic (exact) mass is 327 g/mol. The second-order valence-corrected chi connectivity index (χ2v) is 6.09. The van der Waals surface area contributed by atoms with E-state index in [1.165, 1.54) is 11.3 Å². The number of urea groups is 1. The van der Waals surface area contributed by atoms with Crippen molar-refractivity contribution in [3.63, 3.8) is 0 Å². The van der Waals surface area contributed by atoms with Gasteiger partial charge in [0.2, 0.25) is 0 Å². The van der Waals surface area contributed by atoms with Gasteiger partial charge in [-0.15, -0.1) is 0 Å². The lowest BCUT2D eigenvalue weighted by molar-refractivity contribution is 0.251. The van der Waals surface area contributed by atoms with Crippen molar-refractivity contribution in [2.24, 2.45) is 7.05 Å². The minimum Gasteiger partial charge on any atom is -0.353 e. The number of pyridine rings is 1. The van der Waals surface area contributed by atoms with Gasteiger partial charge in [0.15, 0.2) is 5.13 Å². The zero-order chi connectivity index (χ0) is 16.2. The summed E-state index contributed by atoms with van der Waals surface area (Å²) in [5.74, 6) is 0. The van der Waals surface area contributed by atoms with Gasteiger partial charge in [-0.2, -0.15) is 0 Å². The SMILES string of the molecule is Cc1nc(NC(=O)NCc2cccn2C)sc1-c1ccncc1. The zero-order valence-corrected chi connectivity index (χ0v) is 13.7. The van der Waals surface area contributed by atoms with Crippen LogP contribution in [0.3, 0.4) is 0 Å². The quantitative estimate of drug-likeness (QED) is 0.773. The molecule has 0 unspecified atom stereocenters. The smallest absolute Gasteiger partial charge is 0.321 e. The molecule has 0 saturated heterocycles. The molecule has 6 nitrogen and oxygen atoms in total. The lowest BCUT2D eigenvalue weighted by Crippen LogP contribution is -2.28. The highest BCUT2D eigenvalue weighted by Crippen LogP contribution is 2.32. The summed E-state index contributed by atoms with van der Waals surface area (Å²) in [6, 6.07) is 7.51. The van der Waals surface area contributed by atoms with Crippen LogP contribution in [0.4, 0.5) is 9.93 Å². The van der Waals surface area contributed by atoms with E-state index in [4.69, 9.17) is 0 Å². The lowest BCUT2D eigenvalue weighted by atomic mass is 10.2. The maximum Gasteiger partial charge on any atom is 0.321 e. The topological polar surface area (TPSA) is 71.8 Å². The average Bonchev–Trinajstić information content (AvgIpc) is 3.12. The summed E-state index contributed by atoms with van der Waals surface area (Å²) < 4.78 is 1.97. The molecule has 3 rings (SSSR count). The predicted molar refractivity (Wildman–Crippen MR) is 91.4 cm³/mol. The molecule has 3 aromatic heterocycles. The van der Waals surface area contributed by atoms with Crippen molar-refractivity contribution in [1.29, 1.82) is 0 Å². The third-order valence-electron chi connectivity index (χ3n) is 3.44. The fourth-order valence-electron chi connectivity index (χ4n) is 2.21. The van der Waals surface area contributed by atoms with E-state index in [1.54, 1.807) is 12.4 Å². The number of rotatable bonds is 4. The highest BCUT2D eigenvalue weighted by atomic mass is 32.1. The van der Waals surface area contributed by atoms with Crippen LogP contribution < -0.4 is 10.6 Å². The van der Waals surface area contributed by atoms with Crippen LogP contribution in [0.1, 0.15) is 11.4 Å². The number of aryl methyl sites for hydroxylation is 2. The molecule has 3 aromatic rings. The molecule has 0 spiro atoms. The number of thiazole rings is 1. The number of anilines is 1. The summed E-state index contributed by atoms with van der Waals surface area (Å²) in [6.45, 7) is 2.40. The Morgan fingerprint density at radius 1 is 1.30 bits per heavy atom. The van der Waals surface area contributed by atoms with Crippen molar-refractivity contribution < 1.29 is 4.79 Å². The van der Waals surface area contributed by atoms with Gasteiger partial charge in [-0.3, -0.25) is 10.3 Å². The number of aromatic nitrogens is 3. The standard InChI is InChI=1S/C16H17N5OS/c1-11-14(12-5-7-17-8-6-12)23-16(19-11)20-15(22)18-10-13-4-3-9-21(13)2/h3-9H,10H2,1-2H3,(H2,18,19,20,22). The van der Waals surface area contributed by atoms with Gasteiger partial charge in [0.05, 0.1) is 17.1 Å². The second kappa shape index (κ2) is 6.62. The van der Waals surface area contributed by atoms with Crippen LogP contribution in [0, 0.1) is 6.92 Å². The largest absolute Gasteiger partial charge is 0.353 e. The van der Waals surface area contributed by atoms with Gasteiger partial charge in [0.25, 0.3) is 0 Å². The number of carbonyl (C=O) groups excluding carboxylic acids is 1. The molecule has 0 aromatic carbocycles. The van der Waals surface area contributed by atoms with Gasteiger partial charge < -0.3 is 9.88 Å². The molecule has 3 heterocycles. The van der Waals surface area contributed by atoms with Crippen LogP contribution in [0.25, 0.3) is 10.4 Å². The van der Waals surface area contributed by atoms with E-state index in [9.17, 15) is 4.79 Å². The summed E-state index contributed by atoms with van der Waals surface area (Å²) in [5.41, 5.74) is 2.97. The number of amides is 2. The fourth-order valence-corrected chi connectivity index (χ4v) is 3.18. The Kier molecular flexibility index (Phi) is 4.38. The van der Waals surface area contributed by atoms with Gasteiger partial charge in [0, 0.05) is 31.3 Å². The third kappa shape index (κ3) is 3.57. The maximum absolute atomic E-state index is 12.0. The summed E-state index contributed by atoms with van der Waals surface area (Å²) in [4.78, 5) is 21.5. The minimum absolute atomic E-state index is 0.263. The van der Waals surface area contributed by atoms with E-state index in [0.29, 0.717) is 11.7 Å². The molecule has 0 radical (unpaired) electrons. The first kappa shape index (κ1) is 15.2. The summed E-state index contributed by atoms with van der Waals surface area (Å²) in [5, 5.41) is 6.20. The molecule has 0 atom stereocenters. The minimum atomic E-state index is -0.263. The van der Waals surface area contributed by atoms with Crippen molar-refractivity contribution >= 4 is 22.5 Å². The molecule has 0 saturated carbocycles. The van der Waals surface area contributed by atoms with E-state index >= 15 is 0 Å². The Morgan fingerprint density at radius 2 is 2.09 bits per heavy atom. The highest BCUT2D eigenvalue weighted by molar-refractivity contribution is 7.19. The molecule has 0 aliphatic rings. The van der Waals surface area contributed by atoms with Crippen LogP contribution in [-0.4, -0.2) is 20.6 Å². The summed E-state index contributed by atoms with van der Waals surface area (Å²) >= 11 is 1.45. The number of hydrogen-bond donors (Lipinski definition) is 2. The molecule has 118 valence electrons. The van der Waals surface area contributed by atoms with E-state index < -0.39 is 0 Å². The lowest BCUT2D eigenvalue weighted by Gasteiger charge is -2.06.